The van der Waals surface area contributed by atoms with Gasteiger partial charge >= 0.3 is 0 Å². The molecule has 3 aromatic rings. The number of ether oxygens (including phenoxy) is 2. The number of methoxy groups -OCH3 is 2. The second-order valence-corrected chi connectivity index (χ2v) is 7.04. The number of nitrogens with one attached hydrogen (secondary N) is 1. The molecule has 3 rings (SSSR count). The van der Waals surface area contributed by atoms with Crippen molar-refractivity contribution in [1.82, 2.24) is 10.4 Å². The Kier molecular flexibility index (Phi) is 6.41. The number of aromatic nitrogens is 1. The zero-order valence-electron chi connectivity index (χ0n) is 16.4. The Morgan fingerprint density at radius 3 is 2.66 bits per heavy atom. The van der Waals surface area contributed by atoms with E-state index >= 15 is 0 Å². The number of amides is 1. The third-order valence-electron chi connectivity index (χ3n) is 4.19. The molecule has 2 aromatic carbocycles. The zero-order chi connectivity index (χ0) is 20.8. The maximum absolute atomic E-state index is 12.6. The van der Waals surface area contributed by atoms with Gasteiger partial charge in [0.15, 0.2) is 0 Å². The molecule has 0 saturated carbocycles. The summed E-state index contributed by atoms with van der Waals surface area (Å²) >= 11 is 1.30. The van der Waals surface area contributed by atoms with Gasteiger partial charge in [-0.3, -0.25) is 4.79 Å². The van der Waals surface area contributed by atoms with Gasteiger partial charge in [-0.1, -0.05) is 24.8 Å². The molecule has 0 spiro atoms. The normalized spacial score (nSPS) is 10.7. The van der Waals surface area contributed by atoms with Crippen molar-refractivity contribution < 1.29 is 14.3 Å². The number of hydrogen-bond donors (Lipinski definition) is 1. The van der Waals surface area contributed by atoms with Gasteiger partial charge in [0.2, 0.25) is 0 Å². The Bertz CT molecular complexity index is 1070. The SMILES string of the molecule is C=Cc1cc(/C=N/NC(=O)c2sc(-c3ccccc3OC)nc2C)ccc1OC. The van der Waals surface area contributed by atoms with E-state index in [2.05, 4.69) is 22.1 Å². The summed E-state index contributed by atoms with van der Waals surface area (Å²) in [6, 6.07) is 13.1. The van der Waals surface area contributed by atoms with Crippen LogP contribution < -0.4 is 14.9 Å². The van der Waals surface area contributed by atoms with Gasteiger partial charge in [-0.15, -0.1) is 11.3 Å². The fourth-order valence-corrected chi connectivity index (χ4v) is 3.74. The third kappa shape index (κ3) is 4.52. The van der Waals surface area contributed by atoms with Gasteiger partial charge in [0.25, 0.3) is 5.91 Å². The molecule has 0 atom stereocenters. The molecule has 6 nitrogen and oxygen atoms in total. The van der Waals surface area contributed by atoms with Crippen LogP contribution in [-0.4, -0.2) is 31.3 Å². The van der Waals surface area contributed by atoms with E-state index in [9.17, 15) is 4.79 Å². The molecule has 1 aromatic heterocycles. The molecular formula is C22H21N3O3S. The van der Waals surface area contributed by atoms with Crippen LogP contribution in [0.3, 0.4) is 0 Å². The Labute approximate surface area is 173 Å². The number of nitrogens with zero attached hydrogens (tertiary/aromatic N) is 2. The van der Waals surface area contributed by atoms with Crippen molar-refractivity contribution in [1.29, 1.82) is 0 Å². The molecule has 0 bridgehead atoms. The van der Waals surface area contributed by atoms with Gasteiger partial charge in [-0.05, 0) is 42.8 Å². The first-order valence-corrected chi connectivity index (χ1v) is 9.63. The lowest BCUT2D eigenvalue weighted by Crippen LogP contribution is -2.17. The topological polar surface area (TPSA) is 72.8 Å². The number of para-hydroxylation sites is 1. The zero-order valence-corrected chi connectivity index (χ0v) is 17.2. The number of carbonyl (C=O) groups is 1. The van der Waals surface area contributed by atoms with Crippen LogP contribution in [0.1, 0.15) is 26.5 Å². The van der Waals surface area contributed by atoms with Gasteiger partial charge in [0.05, 0.1) is 31.7 Å². The highest BCUT2D eigenvalue weighted by atomic mass is 32.1. The van der Waals surface area contributed by atoms with Crippen LogP contribution in [0, 0.1) is 6.92 Å². The first-order chi connectivity index (χ1) is 14.1. The molecule has 1 N–H and O–H groups in total. The highest BCUT2D eigenvalue weighted by molar-refractivity contribution is 7.17. The summed E-state index contributed by atoms with van der Waals surface area (Å²) < 4.78 is 10.6. The minimum atomic E-state index is -0.310. The van der Waals surface area contributed by atoms with Gasteiger partial charge in [-0.2, -0.15) is 5.10 Å². The van der Waals surface area contributed by atoms with E-state index in [4.69, 9.17) is 9.47 Å². The maximum Gasteiger partial charge on any atom is 0.283 e. The second-order valence-electron chi connectivity index (χ2n) is 6.04. The van der Waals surface area contributed by atoms with E-state index in [1.807, 2.05) is 42.5 Å². The molecule has 0 aliphatic carbocycles. The van der Waals surface area contributed by atoms with Gasteiger partial charge in [0.1, 0.15) is 21.4 Å². The summed E-state index contributed by atoms with van der Waals surface area (Å²) in [5, 5.41) is 4.78. The number of benzene rings is 2. The average molecular weight is 407 g/mol. The molecule has 0 fully saturated rings. The summed E-state index contributed by atoms with van der Waals surface area (Å²) in [5.41, 5.74) is 5.72. The predicted molar refractivity (Wildman–Crippen MR) is 117 cm³/mol. The summed E-state index contributed by atoms with van der Waals surface area (Å²) in [5.74, 6) is 1.13. The van der Waals surface area contributed by atoms with E-state index < -0.39 is 0 Å². The van der Waals surface area contributed by atoms with Crippen LogP contribution in [0.2, 0.25) is 0 Å². The van der Waals surface area contributed by atoms with Crippen molar-refractivity contribution in [3.05, 3.63) is 70.7 Å². The number of rotatable bonds is 7. The fraction of sp³-hybridized carbons (Fsp3) is 0.136. The Morgan fingerprint density at radius 2 is 1.93 bits per heavy atom. The van der Waals surface area contributed by atoms with Gasteiger partial charge < -0.3 is 9.47 Å². The first-order valence-electron chi connectivity index (χ1n) is 8.82. The van der Waals surface area contributed by atoms with Crippen molar-refractivity contribution in [3.63, 3.8) is 0 Å². The number of aryl methyl sites for hydroxylation is 1. The minimum Gasteiger partial charge on any atom is -0.496 e. The van der Waals surface area contributed by atoms with Crippen LogP contribution in [-0.2, 0) is 0 Å². The Morgan fingerprint density at radius 1 is 1.17 bits per heavy atom. The molecule has 0 aliphatic heterocycles. The standard InChI is InChI=1S/C22H21N3O3S/c1-5-16-12-15(10-11-18(16)27-3)13-23-25-21(26)20-14(2)24-22(29-20)17-8-6-7-9-19(17)28-4/h5-13H,1H2,2-4H3,(H,25,26)/b23-13+. The number of hydrazone groups is 1. The lowest BCUT2D eigenvalue weighted by molar-refractivity contribution is 0.0958. The predicted octanol–water partition coefficient (Wildman–Crippen LogP) is 4.54. The lowest BCUT2D eigenvalue weighted by Gasteiger charge is -2.05. The van der Waals surface area contributed by atoms with Crippen LogP contribution in [0.5, 0.6) is 11.5 Å². The fourth-order valence-electron chi connectivity index (χ4n) is 2.75. The molecule has 0 unspecified atom stereocenters. The number of thiazole rings is 1. The molecule has 0 radical (unpaired) electrons. The van der Waals surface area contributed by atoms with Crippen molar-refractivity contribution in [3.8, 4) is 22.1 Å². The van der Waals surface area contributed by atoms with E-state index in [1.165, 1.54) is 11.3 Å². The Balaban J connectivity index is 1.76. The summed E-state index contributed by atoms with van der Waals surface area (Å²) in [4.78, 5) is 17.6. The molecule has 29 heavy (non-hydrogen) atoms. The monoisotopic (exact) mass is 407 g/mol. The van der Waals surface area contributed by atoms with E-state index in [0.29, 0.717) is 16.3 Å². The molecule has 0 aliphatic rings. The second kappa shape index (κ2) is 9.16. The van der Waals surface area contributed by atoms with Crippen molar-refractivity contribution >= 4 is 29.5 Å². The van der Waals surface area contributed by atoms with Crippen LogP contribution in [0.25, 0.3) is 16.6 Å². The number of carbonyl (C=O) groups excluding carboxylic acids is 1. The highest BCUT2D eigenvalue weighted by Gasteiger charge is 2.17. The highest BCUT2D eigenvalue weighted by Crippen LogP contribution is 2.34. The summed E-state index contributed by atoms with van der Waals surface area (Å²) in [6.45, 7) is 5.57. The van der Waals surface area contributed by atoms with Crippen molar-refractivity contribution in [2.45, 2.75) is 6.92 Å². The van der Waals surface area contributed by atoms with Crippen LogP contribution in [0.15, 0.2) is 54.1 Å². The Hall–Kier alpha value is -3.45. The van der Waals surface area contributed by atoms with Gasteiger partial charge in [-0.25, -0.2) is 10.4 Å². The molecule has 1 amide bonds. The lowest BCUT2D eigenvalue weighted by atomic mass is 10.1. The smallest absolute Gasteiger partial charge is 0.283 e. The van der Waals surface area contributed by atoms with Gasteiger partial charge in [0, 0.05) is 5.56 Å². The first kappa shape index (κ1) is 20.3. The summed E-state index contributed by atoms with van der Waals surface area (Å²) in [7, 11) is 3.21. The molecule has 0 saturated heterocycles. The van der Waals surface area contributed by atoms with E-state index in [-0.39, 0.29) is 5.91 Å². The average Bonchev–Trinajstić information content (AvgIpc) is 3.15. The molecule has 148 valence electrons. The van der Waals surface area contributed by atoms with Crippen LogP contribution in [0.4, 0.5) is 0 Å². The minimum absolute atomic E-state index is 0.310. The quantitative estimate of drug-likeness (QED) is 0.461. The maximum atomic E-state index is 12.6. The van der Waals surface area contributed by atoms with Crippen molar-refractivity contribution in [2.24, 2.45) is 5.10 Å². The third-order valence-corrected chi connectivity index (χ3v) is 5.38. The number of hydrogen-bond acceptors (Lipinski definition) is 6. The molecule has 1 heterocycles. The summed E-state index contributed by atoms with van der Waals surface area (Å²) in [6.07, 6.45) is 3.27. The largest absolute Gasteiger partial charge is 0.496 e. The van der Waals surface area contributed by atoms with E-state index in [0.717, 1.165) is 27.4 Å². The van der Waals surface area contributed by atoms with E-state index in [1.54, 1.807) is 33.4 Å². The van der Waals surface area contributed by atoms with Crippen LogP contribution >= 0.6 is 11.3 Å². The molecule has 7 heteroatoms. The molecular weight excluding hydrogens is 386 g/mol. The van der Waals surface area contributed by atoms with Crippen molar-refractivity contribution in [2.75, 3.05) is 14.2 Å².